The molecule has 0 unspecified atom stereocenters. The highest BCUT2D eigenvalue weighted by Gasteiger charge is 2.30. The normalized spacial score (nSPS) is 16.1. The summed E-state index contributed by atoms with van der Waals surface area (Å²) in [5.41, 5.74) is 2.95. The van der Waals surface area contributed by atoms with Crippen molar-refractivity contribution in [2.75, 3.05) is 5.32 Å². The van der Waals surface area contributed by atoms with Gasteiger partial charge >= 0.3 is 0 Å². The van der Waals surface area contributed by atoms with Gasteiger partial charge in [-0.2, -0.15) is 10.4 Å². The van der Waals surface area contributed by atoms with Gasteiger partial charge in [0.05, 0.1) is 17.8 Å². The summed E-state index contributed by atoms with van der Waals surface area (Å²) in [6, 6.07) is 9.56. The second-order valence-corrected chi connectivity index (χ2v) is 7.07. The Morgan fingerprint density at radius 2 is 2.11 bits per heavy atom. The predicted octanol–water partition coefficient (Wildman–Crippen LogP) is 3.16. The summed E-state index contributed by atoms with van der Waals surface area (Å²) in [5.74, 6) is 1.40. The zero-order valence-corrected chi connectivity index (χ0v) is 14.6. The summed E-state index contributed by atoms with van der Waals surface area (Å²) < 4.78 is 7.68. The highest BCUT2D eigenvalue weighted by atomic mass is 16.5. The molecule has 3 aromatic heterocycles. The van der Waals surface area contributed by atoms with Crippen molar-refractivity contribution in [3.05, 3.63) is 42.4 Å². The lowest BCUT2D eigenvalue weighted by Gasteiger charge is -2.11. The van der Waals surface area contributed by atoms with Gasteiger partial charge in [-0.05, 0) is 49.4 Å². The van der Waals surface area contributed by atoms with Gasteiger partial charge in [-0.15, -0.1) is 0 Å². The molecule has 1 amide bonds. The second kappa shape index (κ2) is 6.09. The fraction of sp³-hybridized carbons (Fsp3) is 0.300. The summed E-state index contributed by atoms with van der Waals surface area (Å²) in [5, 5.41) is 16.5. The lowest BCUT2D eigenvalue weighted by atomic mass is 10.1. The summed E-state index contributed by atoms with van der Waals surface area (Å²) >= 11 is 0. The molecule has 2 fully saturated rings. The number of nitrogens with one attached hydrogen (secondary N) is 1. The Kier molecular flexibility index (Phi) is 3.57. The summed E-state index contributed by atoms with van der Waals surface area (Å²) in [4.78, 5) is 16.1. The Balaban J connectivity index is 1.50. The van der Waals surface area contributed by atoms with E-state index in [1.165, 1.54) is 0 Å². The molecule has 2 saturated carbocycles. The Bertz CT molecular complexity index is 1090. The molecule has 1 N–H and O–H groups in total. The van der Waals surface area contributed by atoms with Crippen molar-refractivity contribution in [1.82, 2.24) is 14.6 Å². The first-order chi connectivity index (χ1) is 13.2. The number of amides is 1. The fourth-order valence-corrected chi connectivity index (χ4v) is 2.99. The molecule has 2 aliphatic rings. The number of nitriles is 1. The minimum Gasteiger partial charge on any atom is -0.488 e. The van der Waals surface area contributed by atoms with E-state index in [2.05, 4.69) is 21.5 Å². The van der Waals surface area contributed by atoms with Crippen LogP contribution in [-0.2, 0) is 4.79 Å². The van der Waals surface area contributed by atoms with Crippen LogP contribution in [0.3, 0.4) is 0 Å². The Hall–Kier alpha value is -3.40. The van der Waals surface area contributed by atoms with Crippen molar-refractivity contribution in [3.63, 3.8) is 0 Å². The molecular weight excluding hydrogens is 342 g/mol. The first-order valence-electron chi connectivity index (χ1n) is 9.07. The number of hydrogen-bond acceptors (Lipinski definition) is 5. The summed E-state index contributed by atoms with van der Waals surface area (Å²) in [6.07, 6.45) is 7.70. The highest BCUT2D eigenvalue weighted by molar-refractivity contribution is 5.93. The third kappa shape index (κ3) is 3.22. The van der Waals surface area contributed by atoms with E-state index in [4.69, 9.17) is 4.74 Å². The van der Waals surface area contributed by atoms with Gasteiger partial charge in [0, 0.05) is 23.7 Å². The molecule has 3 heterocycles. The van der Waals surface area contributed by atoms with Crippen LogP contribution in [0, 0.1) is 17.2 Å². The quantitative estimate of drug-likeness (QED) is 0.755. The monoisotopic (exact) mass is 359 g/mol. The van der Waals surface area contributed by atoms with Gasteiger partial charge in [0.1, 0.15) is 17.5 Å². The minimum atomic E-state index is 0.0338. The number of fused-ring (bicyclic) bond motifs is 1. The Morgan fingerprint density at radius 3 is 2.85 bits per heavy atom. The van der Waals surface area contributed by atoms with Gasteiger partial charge in [-0.3, -0.25) is 4.79 Å². The van der Waals surface area contributed by atoms with Crippen LogP contribution in [0.4, 0.5) is 5.82 Å². The molecule has 3 aromatic rings. The summed E-state index contributed by atoms with van der Waals surface area (Å²) in [6.45, 7) is 0. The van der Waals surface area contributed by atoms with E-state index in [1.807, 2.05) is 24.4 Å². The molecule has 0 spiro atoms. The third-order valence-electron chi connectivity index (χ3n) is 4.77. The SMILES string of the molecule is N#Cc1cc(-c2ccn3nc(NC(=O)C4CC4)cc3c2)c(OC2CC2)cn1. The third-order valence-corrected chi connectivity index (χ3v) is 4.77. The van der Waals surface area contributed by atoms with E-state index in [1.54, 1.807) is 16.8 Å². The van der Waals surface area contributed by atoms with Crippen LogP contribution in [0.5, 0.6) is 5.75 Å². The van der Waals surface area contributed by atoms with E-state index >= 15 is 0 Å². The van der Waals surface area contributed by atoms with Crippen LogP contribution in [0.1, 0.15) is 31.4 Å². The van der Waals surface area contributed by atoms with Crippen LogP contribution in [0.2, 0.25) is 0 Å². The van der Waals surface area contributed by atoms with E-state index in [-0.39, 0.29) is 17.9 Å². The standard InChI is InChI=1S/C20H17N5O2/c21-10-14-8-17(18(11-22-14)27-16-3-4-16)13-5-6-25-15(7-13)9-19(24-25)23-20(26)12-1-2-12/h5-9,11-12,16H,1-4H2,(H,23,24,26). The zero-order chi connectivity index (χ0) is 18.4. The molecule has 0 aliphatic heterocycles. The van der Waals surface area contributed by atoms with Crippen LogP contribution in [0.15, 0.2) is 36.7 Å². The largest absolute Gasteiger partial charge is 0.488 e. The van der Waals surface area contributed by atoms with Gasteiger partial charge in [0.15, 0.2) is 5.82 Å². The number of aromatic nitrogens is 3. The van der Waals surface area contributed by atoms with E-state index in [0.29, 0.717) is 17.3 Å². The fourth-order valence-electron chi connectivity index (χ4n) is 2.99. The number of ether oxygens (including phenoxy) is 1. The van der Waals surface area contributed by atoms with Gasteiger partial charge in [0.2, 0.25) is 5.91 Å². The van der Waals surface area contributed by atoms with Crippen molar-refractivity contribution >= 4 is 17.2 Å². The second-order valence-electron chi connectivity index (χ2n) is 7.07. The number of hydrogen-bond donors (Lipinski definition) is 1. The Morgan fingerprint density at radius 1 is 1.26 bits per heavy atom. The first kappa shape index (κ1) is 15.8. The molecular formula is C20H17N5O2. The molecule has 7 heteroatoms. The highest BCUT2D eigenvalue weighted by Crippen LogP contribution is 2.35. The zero-order valence-electron chi connectivity index (χ0n) is 14.6. The lowest BCUT2D eigenvalue weighted by molar-refractivity contribution is -0.117. The van der Waals surface area contributed by atoms with Gasteiger partial charge in [-0.1, -0.05) is 0 Å². The van der Waals surface area contributed by atoms with Crippen molar-refractivity contribution in [2.24, 2.45) is 5.92 Å². The van der Waals surface area contributed by atoms with Crippen LogP contribution in [-0.4, -0.2) is 26.6 Å². The average molecular weight is 359 g/mol. The maximum Gasteiger partial charge on any atom is 0.228 e. The molecule has 27 heavy (non-hydrogen) atoms. The van der Waals surface area contributed by atoms with Crippen LogP contribution in [0.25, 0.3) is 16.6 Å². The molecule has 0 saturated heterocycles. The van der Waals surface area contributed by atoms with Gasteiger partial charge in [0.25, 0.3) is 0 Å². The maximum atomic E-state index is 11.9. The van der Waals surface area contributed by atoms with Gasteiger partial charge in [-0.25, -0.2) is 9.50 Å². The van der Waals surface area contributed by atoms with E-state index in [0.717, 1.165) is 42.3 Å². The van der Waals surface area contributed by atoms with E-state index < -0.39 is 0 Å². The average Bonchev–Trinajstić information content (AvgIpc) is 3.59. The number of carbonyl (C=O) groups is 1. The molecule has 0 aromatic carbocycles. The van der Waals surface area contributed by atoms with E-state index in [9.17, 15) is 10.1 Å². The first-order valence-corrected chi connectivity index (χ1v) is 9.07. The summed E-state index contributed by atoms with van der Waals surface area (Å²) in [7, 11) is 0. The molecule has 5 rings (SSSR count). The number of pyridine rings is 2. The number of nitrogens with zero attached hydrogens (tertiary/aromatic N) is 4. The van der Waals surface area contributed by atoms with Crippen molar-refractivity contribution < 1.29 is 9.53 Å². The minimum absolute atomic E-state index is 0.0338. The van der Waals surface area contributed by atoms with Crippen molar-refractivity contribution in [2.45, 2.75) is 31.8 Å². The topological polar surface area (TPSA) is 92.3 Å². The van der Waals surface area contributed by atoms with Crippen LogP contribution < -0.4 is 10.1 Å². The van der Waals surface area contributed by atoms with Crippen LogP contribution >= 0.6 is 0 Å². The van der Waals surface area contributed by atoms with Crippen molar-refractivity contribution in [1.29, 1.82) is 5.26 Å². The number of rotatable bonds is 5. The molecule has 134 valence electrons. The van der Waals surface area contributed by atoms with Crippen molar-refractivity contribution in [3.8, 4) is 22.9 Å². The smallest absolute Gasteiger partial charge is 0.228 e. The maximum absolute atomic E-state index is 11.9. The molecule has 0 radical (unpaired) electrons. The number of carbonyl (C=O) groups excluding carboxylic acids is 1. The van der Waals surface area contributed by atoms with Gasteiger partial charge < -0.3 is 10.1 Å². The predicted molar refractivity (Wildman–Crippen MR) is 98.1 cm³/mol. The molecule has 2 aliphatic carbocycles. The lowest BCUT2D eigenvalue weighted by Crippen LogP contribution is -2.13. The molecule has 7 nitrogen and oxygen atoms in total. The Labute approximate surface area is 155 Å². The molecule has 0 bridgehead atoms. The number of anilines is 1. The molecule has 0 atom stereocenters.